The van der Waals surface area contributed by atoms with Gasteiger partial charge in [0.05, 0.1) is 12.8 Å². The van der Waals surface area contributed by atoms with E-state index in [0.29, 0.717) is 18.0 Å². The van der Waals surface area contributed by atoms with Gasteiger partial charge in [-0.2, -0.15) is 5.10 Å². The fourth-order valence-electron chi connectivity index (χ4n) is 2.59. The molecule has 0 aliphatic carbocycles. The predicted molar refractivity (Wildman–Crippen MR) is 92.6 cm³/mol. The number of benzene rings is 1. The molecule has 130 valence electrons. The number of hydrogen-bond donors (Lipinski definition) is 1. The third-order valence-electron chi connectivity index (χ3n) is 4.03. The zero-order valence-electron chi connectivity index (χ0n) is 15.0. The van der Waals surface area contributed by atoms with Crippen LogP contribution in [-0.2, 0) is 18.3 Å². The van der Waals surface area contributed by atoms with E-state index in [9.17, 15) is 4.79 Å². The maximum absolute atomic E-state index is 12.0. The fourth-order valence-corrected chi connectivity index (χ4v) is 2.59. The Morgan fingerprint density at radius 1 is 1.25 bits per heavy atom. The van der Waals surface area contributed by atoms with Gasteiger partial charge in [0.1, 0.15) is 0 Å². The number of aryl methyl sites for hydroxylation is 3. The van der Waals surface area contributed by atoms with Crippen molar-refractivity contribution in [3.63, 3.8) is 0 Å². The van der Waals surface area contributed by atoms with Gasteiger partial charge in [-0.25, -0.2) is 0 Å². The molecule has 0 saturated carbocycles. The molecule has 0 fully saturated rings. The minimum Gasteiger partial charge on any atom is -0.493 e. The number of carbonyl (C=O) groups is 1. The van der Waals surface area contributed by atoms with Gasteiger partial charge < -0.3 is 14.8 Å². The highest BCUT2D eigenvalue weighted by atomic mass is 16.5. The Labute approximate surface area is 142 Å². The number of aromatic nitrogens is 2. The third-order valence-corrected chi connectivity index (χ3v) is 4.03. The van der Waals surface area contributed by atoms with Crippen LogP contribution in [0, 0.1) is 20.8 Å². The number of ether oxygens (including phenoxy) is 2. The molecule has 6 heteroatoms. The summed E-state index contributed by atoms with van der Waals surface area (Å²) in [5.74, 6) is 1.04. The van der Waals surface area contributed by atoms with E-state index in [-0.39, 0.29) is 12.5 Å². The smallest absolute Gasteiger partial charge is 0.257 e. The maximum Gasteiger partial charge on any atom is 0.257 e. The summed E-state index contributed by atoms with van der Waals surface area (Å²) in [5, 5.41) is 7.25. The van der Waals surface area contributed by atoms with Gasteiger partial charge in [0.2, 0.25) is 0 Å². The number of hydrogen-bond acceptors (Lipinski definition) is 4. The van der Waals surface area contributed by atoms with Crippen LogP contribution < -0.4 is 14.8 Å². The van der Waals surface area contributed by atoms with Gasteiger partial charge in [-0.1, -0.05) is 6.07 Å². The van der Waals surface area contributed by atoms with E-state index in [1.807, 2.05) is 50.7 Å². The Bertz CT molecular complexity index is 723. The van der Waals surface area contributed by atoms with Crippen molar-refractivity contribution < 1.29 is 14.3 Å². The lowest BCUT2D eigenvalue weighted by atomic mass is 10.1. The Hall–Kier alpha value is -2.50. The highest BCUT2D eigenvalue weighted by Gasteiger charge is 2.11. The molecule has 0 spiro atoms. The second kappa shape index (κ2) is 7.86. The molecule has 1 heterocycles. The predicted octanol–water partition coefficient (Wildman–Crippen LogP) is 2.09. The summed E-state index contributed by atoms with van der Waals surface area (Å²) >= 11 is 0. The van der Waals surface area contributed by atoms with Crippen molar-refractivity contribution in [2.75, 3.05) is 20.3 Å². The number of amides is 1. The molecule has 0 bridgehead atoms. The number of carbonyl (C=O) groups excluding carboxylic acids is 1. The summed E-state index contributed by atoms with van der Waals surface area (Å²) in [6.07, 6.45) is 0.755. The van der Waals surface area contributed by atoms with E-state index in [1.165, 1.54) is 5.56 Å². The van der Waals surface area contributed by atoms with Crippen LogP contribution in [0.1, 0.15) is 22.5 Å². The number of nitrogens with zero attached hydrogens (tertiary/aromatic N) is 2. The molecule has 2 rings (SSSR count). The Morgan fingerprint density at radius 3 is 2.62 bits per heavy atom. The normalized spacial score (nSPS) is 10.5. The number of methoxy groups -OCH3 is 1. The minimum absolute atomic E-state index is 0.0373. The van der Waals surface area contributed by atoms with Gasteiger partial charge >= 0.3 is 0 Å². The summed E-state index contributed by atoms with van der Waals surface area (Å²) in [6.45, 7) is 6.51. The Balaban J connectivity index is 1.82. The quantitative estimate of drug-likeness (QED) is 0.844. The first kappa shape index (κ1) is 17.8. The summed E-state index contributed by atoms with van der Waals surface area (Å²) in [4.78, 5) is 12.0. The summed E-state index contributed by atoms with van der Waals surface area (Å²) < 4.78 is 12.7. The van der Waals surface area contributed by atoms with E-state index in [0.717, 1.165) is 23.4 Å². The summed E-state index contributed by atoms with van der Waals surface area (Å²) in [5.41, 5.74) is 4.39. The lowest BCUT2D eigenvalue weighted by Crippen LogP contribution is -2.30. The number of nitrogens with one attached hydrogen (secondary N) is 1. The molecule has 0 saturated heterocycles. The first-order chi connectivity index (χ1) is 11.4. The van der Waals surface area contributed by atoms with Crippen molar-refractivity contribution in [1.29, 1.82) is 0 Å². The zero-order chi connectivity index (χ0) is 17.7. The SMILES string of the molecule is COc1cc(C)ccc1OCC(=O)NCCc1c(C)nn(C)c1C. The largest absolute Gasteiger partial charge is 0.493 e. The molecule has 2 aromatic rings. The molecule has 1 aromatic heterocycles. The van der Waals surface area contributed by atoms with Crippen molar-refractivity contribution in [3.8, 4) is 11.5 Å². The van der Waals surface area contributed by atoms with E-state index >= 15 is 0 Å². The summed E-state index contributed by atoms with van der Waals surface area (Å²) in [7, 11) is 3.51. The van der Waals surface area contributed by atoms with Crippen LogP contribution >= 0.6 is 0 Å². The molecule has 1 aromatic carbocycles. The third kappa shape index (κ3) is 4.28. The standard InChI is InChI=1S/C18H25N3O3/c1-12-6-7-16(17(10-12)23-5)24-11-18(22)19-9-8-15-13(2)20-21(4)14(15)3/h6-7,10H,8-9,11H2,1-5H3,(H,19,22). The average Bonchev–Trinajstić information content (AvgIpc) is 2.79. The second-order valence-corrected chi connectivity index (χ2v) is 5.82. The molecule has 0 radical (unpaired) electrons. The van der Waals surface area contributed by atoms with Crippen molar-refractivity contribution in [2.45, 2.75) is 27.2 Å². The molecular weight excluding hydrogens is 306 g/mol. The first-order valence-corrected chi connectivity index (χ1v) is 7.95. The van der Waals surface area contributed by atoms with Crippen molar-refractivity contribution in [1.82, 2.24) is 15.1 Å². The molecule has 0 aliphatic heterocycles. The van der Waals surface area contributed by atoms with Crippen LogP contribution in [0.3, 0.4) is 0 Å². The second-order valence-electron chi connectivity index (χ2n) is 5.82. The lowest BCUT2D eigenvalue weighted by molar-refractivity contribution is -0.123. The number of rotatable bonds is 7. The van der Waals surface area contributed by atoms with Gasteiger partial charge in [-0.15, -0.1) is 0 Å². The van der Waals surface area contributed by atoms with Gasteiger partial charge in [0.15, 0.2) is 18.1 Å². The molecule has 1 amide bonds. The fraction of sp³-hybridized carbons (Fsp3) is 0.444. The molecule has 6 nitrogen and oxygen atoms in total. The van der Waals surface area contributed by atoms with Crippen LogP contribution in [0.15, 0.2) is 18.2 Å². The molecule has 0 unspecified atom stereocenters. The van der Waals surface area contributed by atoms with E-state index < -0.39 is 0 Å². The summed E-state index contributed by atoms with van der Waals surface area (Å²) in [6, 6.07) is 5.61. The molecule has 1 N–H and O–H groups in total. The van der Waals surface area contributed by atoms with Crippen LogP contribution in [0.25, 0.3) is 0 Å². The lowest BCUT2D eigenvalue weighted by Gasteiger charge is -2.11. The highest BCUT2D eigenvalue weighted by Crippen LogP contribution is 2.27. The van der Waals surface area contributed by atoms with Crippen molar-refractivity contribution >= 4 is 5.91 Å². The van der Waals surface area contributed by atoms with Gasteiger partial charge in [-0.05, 0) is 50.5 Å². The highest BCUT2D eigenvalue weighted by molar-refractivity contribution is 5.77. The van der Waals surface area contributed by atoms with Crippen LogP contribution in [-0.4, -0.2) is 35.9 Å². The first-order valence-electron chi connectivity index (χ1n) is 7.95. The Morgan fingerprint density at radius 2 is 2.00 bits per heavy atom. The minimum atomic E-state index is -0.156. The molecule has 0 atom stereocenters. The molecule has 24 heavy (non-hydrogen) atoms. The van der Waals surface area contributed by atoms with Crippen LogP contribution in [0.4, 0.5) is 0 Å². The van der Waals surface area contributed by atoms with E-state index in [2.05, 4.69) is 10.4 Å². The maximum atomic E-state index is 12.0. The van der Waals surface area contributed by atoms with Crippen LogP contribution in [0.2, 0.25) is 0 Å². The van der Waals surface area contributed by atoms with Crippen molar-refractivity contribution in [3.05, 3.63) is 40.7 Å². The van der Waals surface area contributed by atoms with Gasteiger partial charge in [0, 0.05) is 19.3 Å². The molecule has 0 aliphatic rings. The van der Waals surface area contributed by atoms with E-state index in [4.69, 9.17) is 9.47 Å². The van der Waals surface area contributed by atoms with E-state index in [1.54, 1.807) is 7.11 Å². The molecular formula is C18H25N3O3. The van der Waals surface area contributed by atoms with Gasteiger partial charge in [0.25, 0.3) is 5.91 Å². The van der Waals surface area contributed by atoms with Crippen LogP contribution in [0.5, 0.6) is 11.5 Å². The Kier molecular flexibility index (Phi) is 5.84. The van der Waals surface area contributed by atoms with Gasteiger partial charge in [-0.3, -0.25) is 9.48 Å². The monoisotopic (exact) mass is 331 g/mol. The van der Waals surface area contributed by atoms with Crippen molar-refractivity contribution in [2.24, 2.45) is 7.05 Å². The zero-order valence-corrected chi connectivity index (χ0v) is 15.0. The topological polar surface area (TPSA) is 65.4 Å². The average molecular weight is 331 g/mol.